The van der Waals surface area contributed by atoms with Crippen LogP contribution in [0.1, 0.15) is 0 Å². The maximum Gasteiger partial charge on any atom is 0.142 e. The minimum Gasteiger partial charge on any atom is -0.484 e. The van der Waals surface area contributed by atoms with Crippen LogP contribution in [-0.4, -0.2) is 12.6 Å². The Balaban J connectivity index is 2.41. The third-order valence-electron chi connectivity index (χ3n) is 2.97. The van der Waals surface area contributed by atoms with E-state index >= 15 is 0 Å². The molecule has 80 valence electrons. The number of benzene rings is 1. The van der Waals surface area contributed by atoms with Crippen molar-refractivity contribution in [3.8, 4) is 0 Å². The summed E-state index contributed by atoms with van der Waals surface area (Å²) in [6.45, 7) is 0.443. The van der Waals surface area contributed by atoms with Crippen molar-refractivity contribution in [1.82, 2.24) is 0 Å². The molecule has 0 bridgehead atoms. The van der Waals surface area contributed by atoms with E-state index in [1.807, 2.05) is 18.2 Å². The molecule has 16 heavy (non-hydrogen) atoms. The van der Waals surface area contributed by atoms with Gasteiger partial charge >= 0.3 is 0 Å². The van der Waals surface area contributed by atoms with Gasteiger partial charge in [-0.25, -0.2) is 0 Å². The van der Waals surface area contributed by atoms with Crippen molar-refractivity contribution < 1.29 is 4.74 Å². The lowest BCUT2D eigenvalue weighted by Gasteiger charge is -2.24. The Kier molecular flexibility index (Phi) is 2.15. The van der Waals surface area contributed by atoms with Crippen molar-refractivity contribution in [1.29, 1.82) is 0 Å². The lowest BCUT2D eigenvalue weighted by atomic mass is 9.98. The van der Waals surface area contributed by atoms with E-state index in [1.165, 1.54) is 10.8 Å². The fourth-order valence-electron chi connectivity index (χ4n) is 2.22. The highest BCUT2D eigenvalue weighted by molar-refractivity contribution is 5.69. The Labute approximate surface area is 94.0 Å². The zero-order chi connectivity index (χ0) is 11.0. The minimum absolute atomic E-state index is 0.0263. The van der Waals surface area contributed by atoms with Crippen LogP contribution in [0.2, 0.25) is 0 Å². The van der Waals surface area contributed by atoms with Crippen LogP contribution in [0.4, 0.5) is 0 Å². The Morgan fingerprint density at radius 2 is 1.94 bits per heavy atom. The highest BCUT2D eigenvalue weighted by Gasteiger charge is 2.19. The van der Waals surface area contributed by atoms with Gasteiger partial charge in [0.2, 0.25) is 0 Å². The van der Waals surface area contributed by atoms with Crippen molar-refractivity contribution in [2.75, 3.05) is 6.54 Å². The molecule has 0 aromatic heterocycles. The van der Waals surface area contributed by atoms with Crippen molar-refractivity contribution in [2.45, 2.75) is 6.10 Å². The standard InChI is InChI=1S/C14H13NO/c15-9-14-12-7-2-1-5-10(12)11-6-3-4-8-13(11)16-14/h1-8,13H,9,15H2. The Morgan fingerprint density at radius 1 is 1.12 bits per heavy atom. The van der Waals surface area contributed by atoms with Gasteiger partial charge in [-0.1, -0.05) is 42.5 Å². The lowest BCUT2D eigenvalue weighted by molar-refractivity contribution is 0.248. The van der Waals surface area contributed by atoms with Crippen LogP contribution in [0.5, 0.6) is 0 Å². The summed E-state index contributed by atoms with van der Waals surface area (Å²) in [4.78, 5) is 0. The van der Waals surface area contributed by atoms with Crippen LogP contribution in [0, 0.1) is 0 Å². The van der Waals surface area contributed by atoms with Crippen LogP contribution in [-0.2, 0) is 4.74 Å². The molecular formula is C14H13NO. The van der Waals surface area contributed by atoms with Crippen molar-refractivity contribution in [3.63, 3.8) is 0 Å². The van der Waals surface area contributed by atoms with Gasteiger partial charge in [0, 0.05) is 10.8 Å². The average Bonchev–Trinajstić information content (AvgIpc) is 2.38. The molecule has 1 atom stereocenters. The van der Waals surface area contributed by atoms with E-state index in [1.54, 1.807) is 0 Å². The molecule has 0 saturated carbocycles. The van der Waals surface area contributed by atoms with Crippen LogP contribution in [0.25, 0.3) is 11.3 Å². The number of hydrogen-bond donors (Lipinski definition) is 1. The number of nitrogens with two attached hydrogens (primary N) is 1. The fourth-order valence-corrected chi connectivity index (χ4v) is 2.22. The Morgan fingerprint density at radius 3 is 2.75 bits per heavy atom. The molecule has 1 unspecified atom stereocenters. The smallest absolute Gasteiger partial charge is 0.142 e. The first-order chi connectivity index (χ1) is 7.90. The Hall–Kier alpha value is -1.80. The highest BCUT2D eigenvalue weighted by Crippen LogP contribution is 2.19. The van der Waals surface area contributed by atoms with Gasteiger partial charge in [-0.15, -0.1) is 0 Å². The molecule has 1 aromatic carbocycles. The normalized spacial score (nSPS) is 21.4. The predicted molar refractivity (Wildman–Crippen MR) is 64.7 cm³/mol. The first-order valence-corrected chi connectivity index (χ1v) is 5.44. The predicted octanol–water partition coefficient (Wildman–Crippen LogP) is 0.429. The number of hydrogen-bond acceptors (Lipinski definition) is 2. The average molecular weight is 211 g/mol. The van der Waals surface area contributed by atoms with Gasteiger partial charge < -0.3 is 10.5 Å². The van der Waals surface area contributed by atoms with E-state index in [9.17, 15) is 0 Å². The number of allylic oxidation sites excluding steroid dienone is 2. The zero-order valence-electron chi connectivity index (χ0n) is 8.89. The molecule has 0 saturated heterocycles. The molecule has 2 heteroatoms. The van der Waals surface area contributed by atoms with Crippen molar-refractivity contribution in [3.05, 3.63) is 59.0 Å². The second-order valence-corrected chi connectivity index (χ2v) is 3.91. The van der Waals surface area contributed by atoms with E-state index in [0.717, 1.165) is 11.0 Å². The Bertz CT molecular complexity index is 595. The molecular weight excluding hydrogens is 198 g/mol. The summed E-state index contributed by atoms with van der Waals surface area (Å²) < 4.78 is 5.88. The van der Waals surface area contributed by atoms with Gasteiger partial charge in [0.25, 0.3) is 0 Å². The maximum atomic E-state index is 5.88. The van der Waals surface area contributed by atoms with Gasteiger partial charge in [0.15, 0.2) is 0 Å². The fraction of sp³-hybridized carbons (Fsp3) is 0.143. The van der Waals surface area contributed by atoms with E-state index in [-0.39, 0.29) is 6.10 Å². The molecule has 3 rings (SSSR count). The SMILES string of the molecule is NCC1=c2ccccc2=C2C=CC=CC2O1. The molecule has 1 aliphatic carbocycles. The van der Waals surface area contributed by atoms with E-state index < -0.39 is 0 Å². The lowest BCUT2D eigenvalue weighted by Crippen LogP contribution is -2.39. The molecule has 0 spiro atoms. The molecule has 1 aromatic rings. The summed E-state index contributed by atoms with van der Waals surface area (Å²) in [5.41, 5.74) is 6.94. The third kappa shape index (κ3) is 1.31. The van der Waals surface area contributed by atoms with E-state index in [0.29, 0.717) is 6.54 Å². The number of fused-ring (bicyclic) bond motifs is 2. The molecule has 0 radical (unpaired) electrons. The molecule has 1 heterocycles. The molecule has 2 N–H and O–H groups in total. The summed E-state index contributed by atoms with van der Waals surface area (Å²) >= 11 is 0. The topological polar surface area (TPSA) is 35.2 Å². The number of rotatable bonds is 1. The molecule has 1 aliphatic heterocycles. The highest BCUT2D eigenvalue weighted by atomic mass is 16.5. The zero-order valence-corrected chi connectivity index (χ0v) is 8.89. The first kappa shape index (κ1) is 9.43. The second kappa shape index (κ2) is 3.65. The van der Waals surface area contributed by atoms with Gasteiger partial charge in [0.1, 0.15) is 11.9 Å². The van der Waals surface area contributed by atoms with Gasteiger partial charge in [0.05, 0.1) is 6.54 Å². The van der Waals surface area contributed by atoms with Gasteiger partial charge in [-0.05, 0) is 11.3 Å². The van der Waals surface area contributed by atoms with Crippen LogP contribution < -0.4 is 16.2 Å². The van der Waals surface area contributed by atoms with Gasteiger partial charge in [-0.2, -0.15) is 0 Å². The van der Waals surface area contributed by atoms with Crippen LogP contribution in [0.3, 0.4) is 0 Å². The molecule has 2 aliphatic rings. The van der Waals surface area contributed by atoms with Crippen molar-refractivity contribution in [2.24, 2.45) is 5.73 Å². The molecule has 0 amide bonds. The summed E-state index contributed by atoms with van der Waals surface area (Å²) in [6, 6.07) is 8.25. The third-order valence-corrected chi connectivity index (χ3v) is 2.97. The van der Waals surface area contributed by atoms with Crippen molar-refractivity contribution >= 4 is 11.3 Å². The largest absolute Gasteiger partial charge is 0.484 e. The summed E-state index contributed by atoms with van der Waals surface area (Å²) in [6.07, 6.45) is 8.24. The summed E-state index contributed by atoms with van der Waals surface area (Å²) in [5, 5.41) is 2.36. The maximum absolute atomic E-state index is 5.88. The van der Waals surface area contributed by atoms with E-state index in [4.69, 9.17) is 10.5 Å². The minimum atomic E-state index is 0.0263. The summed E-state index contributed by atoms with van der Waals surface area (Å²) in [7, 11) is 0. The number of ether oxygens (including phenoxy) is 1. The van der Waals surface area contributed by atoms with Crippen LogP contribution >= 0.6 is 0 Å². The molecule has 2 nitrogen and oxygen atoms in total. The summed E-state index contributed by atoms with van der Waals surface area (Å²) in [5.74, 6) is 0.879. The molecule has 0 fully saturated rings. The van der Waals surface area contributed by atoms with E-state index in [2.05, 4.69) is 30.4 Å². The van der Waals surface area contributed by atoms with Crippen LogP contribution in [0.15, 0.2) is 48.6 Å². The second-order valence-electron chi connectivity index (χ2n) is 3.91. The first-order valence-electron chi connectivity index (χ1n) is 5.44. The van der Waals surface area contributed by atoms with Gasteiger partial charge in [-0.3, -0.25) is 0 Å². The quantitative estimate of drug-likeness (QED) is 0.731. The monoisotopic (exact) mass is 211 g/mol.